The number of anilines is 1. The van der Waals surface area contributed by atoms with Crippen LogP contribution in [0.25, 0.3) is 0 Å². The topological polar surface area (TPSA) is 29.1 Å². The Morgan fingerprint density at radius 2 is 2.00 bits per heavy atom. The molecule has 0 heterocycles. The lowest BCUT2D eigenvalue weighted by molar-refractivity contribution is -0.119. The van der Waals surface area contributed by atoms with Crippen molar-refractivity contribution in [1.29, 1.82) is 0 Å². The third kappa shape index (κ3) is 3.37. The first-order valence-corrected chi connectivity index (χ1v) is 5.92. The molecule has 88 valence electrons. The van der Waals surface area contributed by atoms with Gasteiger partial charge in [-0.3, -0.25) is 4.79 Å². The minimum absolute atomic E-state index is 0.0895. The maximum absolute atomic E-state index is 11.8. The Hall–Kier alpha value is -1.31. The van der Waals surface area contributed by atoms with E-state index in [1.54, 1.807) is 0 Å². The molecule has 0 bridgehead atoms. The fraction of sp³-hybridized carbons (Fsp3) is 0.500. The summed E-state index contributed by atoms with van der Waals surface area (Å²) in [7, 11) is 0. The van der Waals surface area contributed by atoms with Gasteiger partial charge in [0.25, 0.3) is 0 Å². The number of benzene rings is 1. The van der Waals surface area contributed by atoms with Gasteiger partial charge in [-0.05, 0) is 43.5 Å². The highest BCUT2D eigenvalue weighted by Gasteiger charge is 2.11. The maximum atomic E-state index is 11.8. The van der Waals surface area contributed by atoms with Crippen LogP contribution in [0.1, 0.15) is 37.8 Å². The number of carbonyl (C=O) groups is 1. The maximum Gasteiger partial charge on any atom is 0.227 e. The van der Waals surface area contributed by atoms with Crippen LogP contribution in [0, 0.1) is 19.8 Å². The molecule has 0 fully saturated rings. The SMILES string of the molecule is CCC[C@@H](C)C(=O)Nc1ccc(C)c(C)c1. The van der Waals surface area contributed by atoms with Crippen molar-refractivity contribution in [2.24, 2.45) is 5.92 Å². The van der Waals surface area contributed by atoms with Crippen LogP contribution >= 0.6 is 0 Å². The Labute approximate surface area is 98.1 Å². The Kier molecular flexibility index (Phi) is 4.53. The molecule has 1 aromatic rings. The molecule has 0 unspecified atom stereocenters. The number of nitrogens with one attached hydrogen (secondary N) is 1. The lowest BCUT2D eigenvalue weighted by Crippen LogP contribution is -2.20. The second kappa shape index (κ2) is 5.69. The van der Waals surface area contributed by atoms with Crippen molar-refractivity contribution >= 4 is 11.6 Å². The highest BCUT2D eigenvalue weighted by atomic mass is 16.1. The molecule has 0 aliphatic rings. The number of hydrogen-bond donors (Lipinski definition) is 1. The molecular weight excluding hydrogens is 198 g/mol. The fourth-order valence-electron chi connectivity index (χ4n) is 1.65. The van der Waals surface area contributed by atoms with Gasteiger partial charge < -0.3 is 5.32 Å². The van der Waals surface area contributed by atoms with Crippen LogP contribution in [0.15, 0.2) is 18.2 Å². The molecule has 1 N–H and O–H groups in total. The van der Waals surface area contributed by atoms with Crippen molar-refractivity contribution in [3.63, 3.8) is 0 Å². The average molecular weight is 219 g/mol. The van der Waals surface area contributed by atoms with E-state index in [0.717, 1.165) is 18.5 Å². The van der Waals surface area contributed by atoms with Crippen LogP contribution in [-0.4, -0.2) is 5.91 Å². The summed E-state index contributed by atoms with van der Waals surface area (Å²) in [5, 5.41) is 2.96. The normalized spacial score (nSPS) is 12.2. The van der Waals surface area contributed by atoms with Gasteiger partial charge in [0, 0.05) is 11.6 Å². The predicted octanol–water partition coefficient (Wildman–Crippen LogP) is 3.68. The van der Waals surface area contributed by atoms with Gasteiger partial charge in [-0.15, -0.1) is 0 Å². The van der Waals surface area contributed by atoms with Gasteiger partial charge in [-0.1, -0.05) is 26.3 Å². The minimum Gasteiger partial charge on any atom is -0.326 e. The zero-order valence-electron chi connectivity index (χ0n) is 10.6. The molecule has 0 aliphatic carbocycles. The molecule has 2 nitrogen and oxygen atoms in total. The largest absolute Gasteiger partial charge is 0.326 e. The van der Waals surface area contributed by atoms with Gasteiger partial charge in [0.1, 0.15) is 0 Å². The zero-order valence-corrected chi connectivity index (χ0v) is 10.6. The third-order valence-electron chi connectivity index (χ3n) is 2.94. The molecule has 0 radical (unpaired) electrons. The van der Waals surface area contributed by atoms with Crippen LogP contribution in [0.4, 0.5) is 5.69 Å². The Balaban J connectivity index is 2.66. The summed E-state index contributed by atoms with van der Waals surface area (Å²) < 4.78 is 0. The number of amides is 1. The Morgan fingerprint density at radius 1 is 1.31 bits per heavy atom. The molecule has 1 amide bonds. The van der Waals surface area contributed by atoms with Crippen LogP contribution in [-0.2, 0) is 4.79 Å². The fourth-order valence-corrected chi connectivity index (χ4v) is 1.65. The summed E-state index contributed by atoms with van der Waals surface area (Å²) in [5.41, 5.74) is 3.36. The molecule has 1 atom stereocenters. The monoisotopic (exact) mass is 219 g/mol. The van der Waals surface area contributed by atoms with Gasteiger partial charge >= 0.3 is 0 Å². The highest BCUT2D eigenvalue weighted by Crippen LogP contribution is 2.16. The van der Waals surface area contributed by atoms with E-state index in [1.807, 2.05) is 25.1 Å². The lowest BCUT2D eigenvalue weighted by atomic mass is 10.0. The number of hydrogen-bond acceptors (Lipinski definition) is 1. The molecule has 0 aliphatic heterocycles. The van der Waals surface area contributed by atoms with Crippen molar-refractivity contribution in [2.45, 2.75) is 40.5 Å². The van der Waals surface area contributed by atoms with E-state index < -0.39 is 0 Å². The van der Waals surface area contributed by atoms with Crippen molar-refractivity contribution in [2.75, 3.05) is 5.32 Å². The molecule has 1 rings (SSSR count). The summed E-state index contributed by atoms with van der Waals surface area (Å²) >= 11 is 0. The predicted molar refractivity (Wildman–Crippen MR) is 68.6 cm³/mol. The number of aryl methyl sites for hydroxylation is 2. The summed E-state index contributed by atoms with van der Waals surface area (Å²) in [6, 6.07) is 6.01. The van der Waals surface area contributed by atoms with Gasteiger partial charge in [0.15, 0.2) is 0 Å². The lowest BCUT2D eigenvalue weighted by Gasteiger charge is -2.12. The number of carbonyl (C=O) groups excluding carboxylic acids is 1. The highest BCUT2D eigenvalue weighted by molar-refractivity contribution is 5.92. The quantitative estimate of drug-likeness (QED) is 0.822. The van der Waals surface area contributed by atoms with E-state index in [9.17, 15) is 4.79 Å². The summed E-state index contributed by atoms with van der Waals surface area (Å²) in [6.45, 7) is 8.20. The average Bonchev–Trinajstić information content (AvgIpc) is 2.24. The van der Waals surface area contributed by atoms with Crippen LogP contribution in [0.2, 0.25) is 0 Å². The summed E-state index contributed by atoms with van der Waals surface area (Å²) in [6.07, 6.45) is 1.98. The molecule has 0 aromatic heterocycles. The summed E-state index contributed by atoms with van der Waals surface area (Å²) in [5.74, 6) is 0.205. The molecule has 16 heavy (non-hydrogen) atoms. The van der Waals surface area contributed by atoms with Crippen molar-refractivity contribution in [1.82, 2.24) is 0 Å². The van der Waals surface area contributed by atoms with Gasteiger partial charge in [-0.25, -0.2) is 0 Å². The second-order valence-corrected chi connectivity index (χ2v) is 4.48. The molecule has 1 aromatic carbocycles. The van der Waals surface area contributed by atoms with Gasteiger partial charge in [0.2, 0.25) is 5.91 Å². The smallest absolute Gasteiger partial charge is 0.227 e. The van der Waals surface area contributed by atoms with E-state index in [2.05, 4.69) is 26.1 Å². The first-order valence-electron chi connectivity index (χ1n) is 5.92. The van der Waals surface area contributed by atoms with Crippen LogP contribution in [0.3, 0.4) is 0 Å². The summed E-state index contributed by atoms with van der Waals surface area (Å²) in [4.78, 5) is 11.8. The molecule has 0 saturated heterocycles. The first kappa shape index (κ1) is 12.8. The van der Waals surface area contributed by atoms with E-state index in [4.69, 9.17) is 0 Å². The second-order valence-electron chi connectivity index (χ2n) is 4.48. The molecule has 0 spiro atoms. The van der Waals surface area contributed by atoms with Crippen molar-refractivity contribution in [3.8, 4) is 0 Å². The molecule has 2 heteroatoms. The minimum atomic E-state index is 0.0895. The van der Waals surface area contributed by atoms with Gasteiger partial charge in [0.05, 0.1) is 0 Å². The first-order chi connectivity index (χ1) is 7.54. The van der Waals surface area contributed by atoms with Crippen molar-refractivity contribution < 1.29 is 4.79 Å². The third-order valence-corrected chi connectivity index (χ3v) is 2.94. The van der Waals surface area contributed by atoms with E-state index in [-0.39, 0.29) is 11.8 Å². The number of rotatable bonds is 4. The van der Waals surface area contributed by atoms with Crippen LogP contribution < -0.4 is 5.32 Å². The van der Waals surface area contributed by atoms with E-state index >= 15 is 0 Å². The zero-order chi connectivity index (χ0) is 12.1. The van der Waals surface area contributed by atoms with E-state index in [0.29, 0.717) is 0 Å². The van der Waals surface area contributed by atoms with Crippen LogP contribution in [0.5, 0.6) is 0 Å². The van der Waals surface area contributed by atoms with Crippen molar-refractivity contribution in [3.05, 3.63) is 29.3 Å². The Bertz CT molecular complexity index is 371. The Morgan fingerprint density at radius 3 is 2.56 bits per heavy atom. The standard InChI is InChI=1S/C14H21NO/c1-5-6-11(3)14(16)15-13-8-7-10(2)12(4)9-13/h7-9,11H,5-6H2,1-4H3,(H,15,16)/t11-/m1/s1. The van der Waals surface area contributed by atoms with E-state index in [1.165, 1.54) is 11.1 Å². The molecule has 0 saturated carbocycles. The van der Waals surface area contributed by atoms with Gasteiger partial charge in [-0.2, -0.15) is 0 Å². The molecular formula is C14H21NO.